The predicted octanol–water partition coefficient (Wildman–Crippen LogP) is 0.705. The molecule has 0 saturated heterocycles. The van der Waals surface area contributed by atoms with Gasteiger partial charge in [0.05, 0.1) is 19.3 Å². The van der Waals surface area contributed by atoms with Crippen LogP contribution in [-0.2, 0) is 19.1 Å². The molecule has 0 unspecified atom stereocenters. The number of carbonyl (C=O) groups is 2. The van der Waals surface area contributed by atoms with E-state index in [1.165, 1.54) is 20.1 Å². The lowest BCUT2D eigenvalue weighted by atomic mass is 9.78. The highest BCUT2D eigenvalue weighted by atomic mass is 16.5. The lowest BCUT2D eigenvalue weighted by molar-refractivity contribution is -0.138. The van der Waals surface area contributed by atoms with E-state index in [0.29, 0.717) is 5.57 Å². The fraction of sp³-hybridized carbons (Fsp3) is 0.600. The highest BCUT2D eigenvalue weighted by molar-refractivity contribution is 5.89. The molecule has 6 heteroatoms. The van der Waals surface area contributed by atoms with Gasteiger partial charge in [-0.15, -0.1) is 6.58 Å². The van der Waals surface area contributed by atoms with Gasteiger partial charge in [-0.25, -0.2) is 4.79 Å². The number of aliphatic hydroxyl groups is 1. The Labute approximate surface area is 124 Å². The van der Waals surface area contributed by atoms with Crippen molar-refractivity contribution in [3.05, 3.63) is 24.3 Å². The molecular weight excluding hydrogens is 274 g/mol. The highest BCUT2D eigenvalue weighted by Gasteiger charge is 2.45. The third-order valence-corrected chi connectivity index (χ3v) is 3.30. The second-order valence-electron chi connectivity index (χ2n) is 5.38. The summed E-state index contributed by atoms with van der Waals surface area (Å²) in [5.41, 5.74) is -1.18. The number of esters is 1. The molecule has 0 heterocycles. The molecule has 6 nitrogen and oxygen atoms in total. The van der Waals surface area contributed by atoms with Crippen LogP contribution in [0.3, 0.4) is 0 Å². The summed E-state index contributed by atoms with van der Waals surface area (Å²) in [5.74, 6) is -0.832. The first-order valence-corrected chi connectivity index (χ1v) is 6.81. The Morgan fingerprint density at radius 1 is 1.57 bits per heavy atom. The topological polar surface area (TPSA) is 84.9 Å². The molecule has 0 radical (unpaired) electrons. The van der Waals surface area contributed by atoms with E-state index in [2.05, 4.69) is 11.9 Å². The van der Waals surface area contributed by atoms with Crippen LogP contribution in [0.1, 0.15) is 27.2 Å². The molecule has 0 aromatic carbocycles. The number of nitrogens with one attached hydrogen (secondary N) is 1. The van der Waals surface area contributed by atoms with Crippen LogP contribution in [0.2, 0.25) is 0 Å². The first-order valence-electron chi connectivity index (χ1n) is 6.81. The number of hydrogen-bond donors (Lipinski definition) is 2. The van der Waals surface area contributed by atoms with E-state index in [1.54, 1.807) is 6.08 Å². The maximum atomic E-state index is 11.8. The van der Waals surface area contributed by atoms with Crippen LogP contribution >= 0.6 is 0 Å². The molecule has 118 valence electrons. The van der Waals surface area contributed by atoms with Crippen LogP contribution in [0.25, 0.3) is 0 Å². The molecule has 1 amide bonds. The molecule has 0 spiro atoms. The zero-order valence-corrected chi connectivity index (χ0v) is 12.9. The first-order chi connectivity index (χ1) is 9.73. The van der Waals surface area contributed by atoms with Crippen LogP contribution in [0.5, 0.6) is 0 Å². The smallest absolute Gasteiger partial charge is 0.333 e. The third kappa shape index (κ3) is 4.15. The summed E-state index contributed by atoms with van der Waals surface area (Å²) in [7, 11) is 1.27. The third-order valence-electron chi connectivity index (χ3n) is 3.30. The van der Waals surface area contributed by atoms with E-state index >= 15 is 0 Å². The van der Waals surface area contributed by atoms with Crippen molar-refractivity contribution in [3.8, 4) is 0 Å². The van der Waals surface area contributed by atoms with Crippen LogP contribution in [0, 0.1) is 0 Å². The van der Waals surface area contributed by atoms with Crippen molar-refractivity contribution in [3.63, 3.8) is 0 Å². The average Bonchev–Trinajstić information content (AvgIpc) is 2.40. The SMILES string of the molecule is C=C[C@]1(O)CC(C(=O)OC)=C[C@@H](OC(C)C)[C@@H]1NC(C)=O. The number of methoxy groups -OCH3 is 1. The molecule has 1 aliphatic rings. The standard InChI is InChI=1S/C15H23NO5/c1-6-15(19)8-11(14(18)20-5)7-12(21-9(2)3)13(15)16-10(4)17/h6-7,9,12-13,19H,1,8H2,2-5H3,(H,16,17)/t12-,13+,15+/m1/s1. The molecule has 0 aromatic heterocycles. The van der Waals surface area contributed by atoms with Gasteiger partial charge in [-0.1, -0.05) is 6.08 Å². The van der Waals surface area contributed by atoms with Gasteiger partial charge in [-0.3, -0.25) is 4.79 Å². The van der Waals surface area contributed by atoms with Gasteiger partial charge < -0.3 is 19.9 Å². The molecule has 1 aliphatic carbocycles. The van der Waals surface area contributed by atoms with Gasteiger partial charge in [-0.2, -0.15) is 0 Å². The van der Waals surface area contributed by atoms with Crippen molar-refractivity contribution in [2.45, 2.75) is 51.0 Å². The van der Waals surface area contributed by atoms with Gasteiger partial charge in [0.15, 0.2) is 0 Å². The molecule has 0 saturated carbocycles. The van der Waals surface area contributed by atoms with Gasteiger partial charge in [0, 0.05) is 18.9 Å². The second-order valence-corrected chi connectivity index (χ2v) is 5.38. The minimum absolute atomic E-state index is 0.00603. The van der Waals surface area contributed by atoms with E-state index in [-0.39, 0.29) is 18.4 Å². The van der Waals surface area contributed by atoms with Crippen molar-refractivity contribution in [1.82, 2.24) is 5.32 Å². The highest BCUT2D eigenvalue weighted by Crippen LogP contribution is 2.32. The van der Waals surface area contributed by atoms with E-state index < -0.39 is 23.7 Å². The molecular formula is C15H23NO5. The fourth-order valence-electron chi connectivity index (χ4n) is 2.38. The normalized spacial score (nSPS) is 28.8. The number of ether oxygens (including phenoxy) is 2. The summed E-state index contributed by atoms with van der Waals surface area (Å²) in [6, 6.07) is -0.719. The molecule has 1 rings (SSSR count). The Morgan fingerprint density at radius 3 is 2.62 bits per heavy atom. The summed E-state index contributed by atoms with van der Waals surface area (Å²) in [5, 5.41) is 13.4. The molecule has 0 bridgehead atoms. The first kappa shape index (κ1) is 17.4. The summed E-state index contributed by atoms with van der Waals surface area (Å²) < 4.78 is 10.4. The summed E-state index contributed by atoms with van der Waals surface area (Å²) in [6.45, 7) is 8.63. The van der Waals surface area contributed by atoms with Gasteiger partial charge in [0.2, 0.25) is 5.91 Å². The van der Waals surface area contributed by atoms with E-state index in [4.69, 9.17) is 9.47 Å². The monoisotopic (exact) mass is 297 g/mol. The van der Waals surface area contributed by atoms with Crippen molar-refractivity contribution in [2.24, 2.45) is 0 Å². The summed E-state index contributed by atoms with van der Waals surface area (Å²) >= 11 is 0. The van der Waals surface area contributed by atoms with E-state index in [9.17, 15) is 14.7 Å². The Kier molecular flexibility index (Phi) is 5.69. The van der Waals surface area contributed by atoms with E-state index in [1.807, 2.05) is 13.8 Å². The Morgan fingerprint density at radius 2 is 2.19 bits per heavy atom. The fourth-order valence-corrected chi connectivity index (χ4v) is 2.38. The quantitative estimate of drug-likeness (QED) is 0.576. The predicted molar refractivity (Wildman–Crippen MR) is 77.5 cm³/mol. The zero-order chi connectivity index (χ0) is 16.2. The van der Waals surface area contributed by atoms with Crippen molar-refractivity contribution < 1.29 is 24.2 Å². The zero-order valence-electron chi connectivity index (χ0n) is 12.9. The largest absolute Gasteiger partial charge is 0.466 e. The van der Waals surface area contributed by atoms with Crippen LogP contribution in [0.15, 0.2) is 24.3 Å². The second kappa shape index (κ2) is 6.87. The molecule has 0 fully saturated rings. The number of hydrogen-bond acceptors (Lipinski definition) is 5. The van der Waals surface area contributed by atoms with Crippen molar-refractivity contribution in [2.75, 3.05) is 7.11 Å². The molecule has 0 aromatic rings. The Balaban J connectivity index is 3.22. The minimum atomic E-state index is -1.48. The minimum Gasteiger partial charge on any atom is -0.466 e. The summed E-state index contributed by atoms with van der Waals surface area (Å²) in [4.78, 5) is 23.1. The van der Waals surface area contributed by atoms with Gasteiger partial charge in [-0.05, 0) is 19.9 Å². The van der Waals surface area contributed by atoms with Crippen LogP contribution in [-0.4, -0.2) is 47.9 Å². The number of rotatable bonds is 5. The summed E-state index contributed by atoms with van der Waals surface area (Å²) in [6.07, 6.45) is 2.12. The number of amides is 1. The maximum Gasteiger partial charge on any atom is 0.333 e. The average molecular weight is 297 g/mol. The van der Waals surface area contributed by atoms with Crippen molar-refractivity contribution >= 4 is 11.9 Å². The maximum absolute atomic E-state index is 11.8. The Hall–Kier alpha value is -1.66. The lowest BCUT2D eigenvalue weighted by Crippen LogP contribution is -2.60. The van der Waals surface area contributed by atoms with Gasteiger partial charge >= 0.3 is 5.97 Å². The number of carbonyl (C=O) groups excluding carboxylic acids is 2. The van der Waals surface area contributed by atoms with Gasteiger partial charge in [0.1, 0.15) is 11.7 Å². The van der Waals surface area contributed by atoms with Crippen LogP contribution in [0.4, 0.5) is 0 Å². The molecule has 2 N–H and O–H groups in total. The van der Waals surface area contributed by atoms with Crippen LogP contribution < -0.4 is 5.32 Å². The molecule has 21 heavy (non-hydrogen) atoms. The molecule has 0 aliphatic heterocycles. The van der Waals surface area contributed by atoms with Crippen molar-refractivity contribution in [1.29, 1.82) is 0 Å². The lowest BCUT2D eigenvalue weighted by Gasteiger charge is -2.42. The molecule has 3 atom stereocenters. The van der Waals surface area contributed by atoms with Gasteiger partial charge in [0.25, 0.3) is 0 Å². The van der Waals surface area contributed by atoms with E-state index in [0.717, 1.165) is 0 Å². The Bertz CT molecular complexity index is 457.